The number of carbonyl (C=O) groups excluding carboxylic acids is 1. The predicted molar refractivity (Wildman–Crippen MR) is 68.8 cm³/mol. The number of methoxy groups -OCH3 is 1. The number of hydrogen-bond donors (Lipinski definition) is 1. The molecule has 0 saturated carbocycles. The molecule has 1 aromatic carbocycles. The van der Waals surface area contributed by atoms with E-state index in [0.29, 0.717) is 22.2 Å². The SMILES string of the molecule is CC/C(=N/NC(=O)OC)c1ccc(Cl)cc1Cl. The molecule has 0 heterocycles. The molecule has 1 aromatic rings. The smallest absolute Gasteiger partial charge is 0.427 e. The van der Waals surface area contributed by atoms with Gasteiger partial charge in [-0.15, -0.1) is 0 Å². The van der Waals surface area contributed by atoms with Crippen molar-refractivity contribution < 1.29 is 9.53 Å². The van der Waals surface area contributed by atoms with Gasteiger partial charge in [-0.05, 0) is 18.6 Å². The Morgan fingerprint density at radius 1 is 1.47 bits per heavy atom. The van der Waals surface area contributed by atoms with Gasteiger partial charge in [-0.2, -0.15) is 5.10 Å². The van der Waals surface area contributed by atoms with Crippen molar-refractivity contribution in [3.63, 3.8) is 0 Å². The number of nitrogens with zero attached hydrogens (tertiary/aromatic N) is 1. The van der Waals surface area contributed by atoms with Crippen LogP contribution in [0.15, 0.2) is 23.3 Å². The van der Waals surface area contributed by atoms with Gasteiger partial charge in [-0.1, -0.05) is 36.2 Å². The van der Waals surface area contributed by atoms with Crippen molar-refractivity contribution in [2.45, 2.75) is 13.3 Å². The Hall–Kier alpha value is -1.26. The van der Waals surface area contributed by atoms with Crippen LogP contribution in [0.1, 0.15) is 18.9 Å². The third-order valence-electron chi connectivity index (χ3n) is 2.04. The zero-order valence-corrected chi connectivity index (χ0v) is 11.0. The van der Waals surface area contributed by atoms with Crippen molar-refractivity contribution in [3.8, 4) is 0 Å². The van der Waals surface area contributed by atoms with Crippen LogP contribution in [0.3, 0.4) is 0 Å². The summed E-state index contributed by atoms with van der Waals surface area (Å²) in [5.74, 6) is 0. The molecular weight excluding hydrogens is 263 g/mol. The van der Waals surface area contributed by atoms with Gasteiger partial charge >= 0.3 is 6.09 Å². The second-order valence-electron chi connectivity index (χ2n) is 3.14. The largest absolute Gasteiger partial charge is 0.452 e. The van der Waals surface area contributed by atoms with Crippen molar-refractivity contribution in [1.29, 1.82) is 0 Å². The Bertz CT molecular complexity index is 447. The molecule has 0 fully saturated rings. The first-order valence-corrected chi connectivity index (χ1v) is 5.70. The van der Waals surface area contributed by atoms with E-state index in [4.69, 9.17) is 23.2 Å². The monoisotopic (exact) mass is 274 g/mol. The Kier molecular flexibility index (Phi) is 5.25. The molecule has 0 atom stereocenters. The molecule has 0 aliphatic rings. The summed E-state index contributed by atoms with van der Waals surface area (Å²) in [5.41, 5.74) is 3.64. The summed E-state index contributed by atoms with van der Waals surface area (Å²) in [6.45, 7) is 1.91. The highest BCUT2D eigenvalue weighted by atomic mass is 35.5. The average Bonchev–Trinajstić information content (AvgIpc) is 2.31. The minimum Gasteiger partial charge on any atom is -0.452 e. The Morgan fingerprint density at radius 2 is 2.18 bits per heavy atom. The van der Waals surface area contributed by atoms with Gasteiger partial charge in [-0.25, -0.2) is 10.2 Å². The van der Waals surface area contributed by atoms with Gasteiger partial charge in [0.05, 0.1) is 17.8 Å². The van der Waals surface area contributed by atoms with E-state index >= 15 is 0 Å². The van der Waals surface area contributed by atoms with Gasteiger partial charge in [0.1, 0.15) is 0 Å². The van der Waals surface area contributed by atoms with Gasteiger partial charge in [-0.3, -0.25) is 0 Å². The van der Waals surface area contributed by atoms with Crippen LogP contribution in [-0.2, 0) is 4.74 Å². The third-order valence-corrected chi connectivity index (χ3v) is 2.59. The number of rotatable bonds is 3. The molecule has 0 spiro atoms. The number of amides is 1. The topological polar surface area (TPSA) is 50.7 Å². The van der Waals surface area contributed by atoms with Crippen molar-refractivity contribution in [2.24, 2.45) is 5.10 Å². The Balaban J connectivity index is 2.97. The molecule has 1 N–H and O–H groups in total. The maximum atomic E-state index is 10.9. The van der Waals surface area contributed by atoms with E-state index in [0.717, 1.165) is 5.56 Å². The molecule has 1 rings (SSSR count). The standard InChI is InChI=1S/C11H12Cl2N2O2/c1-3-10(14-15-11(16)17-2)8-5-4-7(12)6-9(8)13/h4-6H,3H2,1-2H3,(H,15,16)/b14-10-. The van der Waals surface area contributed by atoms with Crippen LogP contribution in [0.25, 0.3) is 0 Å². The Morgan fingerprint density at radius 3 is 2.71 bits per heavy atom. The van der Waals surface area contributed by atoms with E-state index < -0.39 is 6.09 Å². The lowest BCUT2D eigenvalue weighted by atomic mass is 10.1. The second kappa shape index (κ2) is 6.47. The van der Waals surface area contributed by atoms with Gasteiger partial charge in [0, 0.05) is 10.6 Å². The maximum Gasteiger partial charge on any atom is 0.427 e. The highest BCUT2D eigenvalue weighted by Crippen LogP contribution is 2.22. The highest BCUT2D eigenvalue weighted by molar-refractivity contribution is 6.37. The molecule has 0 saturated heterocycles. The van der Waals surface area contributed by atoms with Crippen LogP contribution < -0.4 is 5.43 Å². The summed E-state index contributed by atoms with van der Waals surface area (Å²) < 4.78 is 4.42. The number of halogens is 2. The fourth-order valence-corrected chi connectivity index (χ4v) is 1.73. The van der Waals surface area contributed by atoms with Crippen LogP contribution >= 0.6 is 23.2 Å². The first-order valence-electron chi connectivity index (χ1n) is 4.94. The zero-order valence-electron chi connectivity index (χ0n) is 9.46. The molecule has 0 radical (unpaired) electrons. The first kappa shape index (κ1) is 13.8. The van der Waals surface area contributed by atoms with Crippen LogP contribution in [0.2, 0.25) is 10.0 Å². The normalized spacial score (nSPS) is 11.2. The van der Waals surface area contributed by atoms with Gasteiger partial charge in [0.2, 0.25) is 0 Å². The van der Waals surface area contributed by atoms with Crippen LogP contribution in [0.5, 0.6) is 0 Å². The van der Waals surface area contributed by atoms with Gasteiger partial charge in [0.25, 0.3) is 0 Å². The quantitative estimate of drug-likeness (QED) is 0.678. The number of nitrogens with one attached hydrogen (secondary N) is 1. The lowest BCUT2D eigenvalue weighted by Crippen LogP contribution is -2.19. The lowest BCUT2D eigenvalue weighted by molar-refractivity contribution is 0.171. The second-order valence-corrected chi connectivity index (χ2v) is 3.98. The van der Waals surface area contributed by atoms with Gasteiger partial charge in [0.15, 0.2) is 0 Å². The fourth-order valence-electron chi connectivity index (χ4n) is 1.21. The zero-order chi connectivity index (χ0) is 12.8. The molecule has 0 aliphatic carbocycles. The molecule has 17 heavy (non-hydrogen) atoms. The summed E-state index contributed by atoms with van der Waals surface area (Å²) in [6.07, 6.45) is -0.00763. The van der Waals surface area contributed by atoms with E-state index in [1.54, 1.807) is 18.2 Å². The molecule has 4 nitrogen and oxygen atoms in total. The van der Waals surface area contributed by atoms with Crippen molar-refractivity contribution in [1.82, 2.24) is 5.43 Å². The molecule has 92 valence electrons. The van der Waals surface area contributed by atoms with E-state index in [-0.39, 0.29) is 0 Å². The summed E-state index contributed by atoms with van der Waals surface area (Å²) in [6, 6.07) is 5.10. The molecule has 0 aromatic heterocycles. The highest BCUT2D eigenvalue weighted by Gasteiger charge is 2.08. The summed E-state index contributed by atoms with van der Waals surface area (Å²) in [5, 5.41) is 4.98. The predicted octanol–water partition coefficient (Wildman–Crippen LogP) is 3.46. The average molecular weight is 275 g/mol. The molecule has 0 aliphatic heterocycles. The molecule has 0 bridgehead atoms. The molecule has 0 unspecified atom stereocenters. The Labute approximate surface area is 110 Å². The maximum absolute atomic E-state index is 10.9. The molecule has 6 heteroatoms. The molecular formula is C11H12Cl2N2O2. The minimum atomic E-state index is -0.624. The van der Waals surface area contributed by atoms with Crippen LogP contribution in [0, 0.1) is 0 Å². The van der Waals surface area contributed by atoms with E-state index in [9.17, 15) is 4.79 Å². The number of ether oxygens (including phenoxy) is 1. The molecule has 1 amide bonds. The van der Waals surface area contributed by atoms with Crippen molar-refractivity contribution in [3.05, 3.63) is 33.8 Å². The number of hydrazone groups is 1. The van der Waals surface area contributed by atoms with Crippen molar-refractivity contribution in [2.75, 3.05) is 7.11 Å². The third kappa shape index (κ3) is 3.91. The van der Waals surface area contributed by atoms with E-state index in [1.165, 1.54) is 7.11 Å². The summed E-state index contributed by atoms with van der Waals surface area (Å²) in [7, 11) is 1.27. The van der Waals surface area contributed by atoms with Crippen LogP contribution in [-0.4, -0.2) is 18.9 Å². The van der Waals surface area contributed by atoms with Gasteiger partial charge < -0.3 is 4.74 Å². The van der Waals surface area contributed by atoms with E-state index in [2.05, 4.69) is 15.3 Å². The van der Waals surface area contributed by atoms with Crippen LogP contribution in [0.4, 0.5) is 4.79 Å². The fraction of sp³-hybridized carbons (Fsp3) is 0.273. The summed E-state index contributed by atoms with van der Waals surface area (Å²) in [4.78, 5) is 10.9. The summed E-state index contributed by atoms with van der Waals surface area (Å²) >= 11 is 11.8. The number of benzene rings is 1. The number of hydrogen-bond acceptors (Lipinski definition) is 3. The first-order chi connectivity index (χ1) is 8.08. The lowest BCUT2D eigenvalue weighted by Gasteiger charge is -2.07. The minimum absolute atomic E-state index is 0.491. The van der Waals surface area contributed by atoms with E-state index in [1.807, 2.05) is 6.92 Å². The van der Waals surface area contributed by atoms with Crippen molar-refractivity contribution >= 4 is 35.0 Å². The number of carbonyl (C=O) groups is 1.